The molecule has 0 radical (unpaired) electrons. The number of hydrogen-bond donors (Lipinski definition) is 2. The minimum atomic E-state index is -0.932. The van der Waals surface area contributed by atoms with Crippen LogP contribution in [-0.4, -0.2) is 13.2 Å². The number of nitrogens with two attached hydrogens (primary N) is 2. The quantitative estimate of drug-likeness (QED) is 0.836. The number of ether oxygens (including phenoxy) is 2. The van der Waals surface area contributed by atoms with Gasteiger partial charge in [0.15, 0.2) is 0 Å². The van der Waals surface area contributed by atoms with Gasteiger partial charge in [0.1, 0.15) is 0 Å². The molecule has 4 N–H and O–H groups in total. The van der Waals surface area contributed by atoms with Crippen molar-refractivity contribution in [2.45, 2.75) is 19.6 Å². The van der Waals surface area contributed by atoms with Crippen molar-refractivity contribution < 1.29 is 9.47 Å². The second kappa shape index (κ2) is 5.30. The van der Waals surface area contributed by atoms with E-state index in [4.69, 9.17) is 20.9 Å². The zero-order chi connectivity index (χ0) is 15.8. The average molecular weight is 298 g/mol. The highest BCUT2D eigenvalue weighted by Gasteiger charge is 2.43. The molecule has 116 valence electrons. The standard InChI is InChI=1S/C18H22N2O2/c1-17(2)11-21-18(22-12-17,13-6-4-3-5-7-13)14-8-9-15(19)16(20)10-14/h3-10H,11-12,19-20H2,1-2H3. The summed E-state index contributed by atoms with van der Waals surface area (Å²) in [4.78, 5) is 0. The van der Waals surface area contributed by atoms with Crippen molar-refractivity contribution >= 4 is 11.4 Å². The topological polar surface area (TPSA) is 70.5 Å². The number of nitrogen functional groups attached to an aromatic ring is 2. The van der Waals surface area contributed by atoms with Crippen molar-refractivity contribution in [3.63, 3.8) is 0 Å². The summed E-state index contributed by atoms with van der Waals surface area (Å²) in [6.45, 7) is 5.46. The first-order chi connectivity index (χ1) is 10.4. The maximum Gasteiger partial charge on any atom is 0.222 e. The Morgan fingerprint density at radius 3 is 2.05 bits per heavy atom. The van der Waals surface area contributed by atoms with Crippen LogP contribution in [0.2, 0.25) is 0 Å². The third-order valence-electron chi connectivity index (χ3n) is 3.95. The number of rotatable bonds is 2. The highest BCUT2D eigenvalue weighted by molar-refractivity contribution is 5.64. The maximum atomic E-state index is 6.23. The van der Waals surface area contributed by atoms with Crippen molar-refractivity contribution in [1.29, 1.82) is 0 Å². The van der Waals surface area contributed by atoms with Gasteiger partial charge in [-0.15, -0.1) is 0 Å². The monoisotopic (exact) mass is 298 g/mol. The van der Waals surface area contributed by atoms with Crippen LogP contribution in [0.4, 0.5) is 11.4 Å². The van der Waals surface area contributed by atoms with Crippen LogP contribution in [0.15, 0.2) is 48.5 Å². The average Bonchev–Trinajstić information content (AvgIpc) is 2.51. The minimum Gasteiger partial charge on any atom is -0.397 e. The molecule has 0 amide bonds. The molecular formula is C18H22N2O2. The molecule has 0 unspecified atom stereocenters. The van der Waals surface area contributed by atoms with E-state index in [2.05, 4.69) is 13.8 Å². The SMILES string of the molecule is CC1(C)COC(c2ccccc2)(c2ccc(N)c(N)c2)OC1. The summed E-state index contributed by atoms with van der Waals surface area (Å²) in [6.07, 6.45) is 0. The van der Waals surface area contributed by atoms with Gasteiger partial charge in [-0.1, -0.05) is 50.2 Å². The fourth-order valence-electron chi connectivity index (χ4n) is 2.61. The molecule has 0 saturated carbocycles. The highest BCUT2D eigenvalue weighted by atomic mass is 16.7. The molecule has 0 spiro atoms. The van der Waals surface area contributed by atoms with Crippen molar-refractivity contribution in [3.8, 4) is 0 Å². The minimum absolute atomic E-state index is 0.0162. The lowest BCUT2D eigenvalue weighted by Gasteiger charge is -2.44. The van der Waals surface area contributed by atoms with E-state index in [9.17, 15) is 0 Å². The summed E-state index contributed by atoms with van der Waals surface area (Å²) in [5.74, 6) is -0.932. The van der Waals surface area contributed by atoms with Gasteiger partial charge in [-0.25, -0.2) is 0 Å². The Hall–Kier alpha value is -2.04. The maximum absolute atomic E-state index is 6.23. The van der Waals surface area contributed by atoms with Crippen LogP contribution in [0.1, 0.15) is 25.0 Å². The van der Waals surface area contributed by atoms with Gasteiger partial charge in [-0.05, 0) is 12.1 Å². The first-order valence-corrected chi connectivity index (χ1v) is 7.42. The normalized spacial score (nSPS) is 19.7. The fourth-order valence-corrected chi connectivity index (χ4v) is 2.61. The second-order valence-corrected chi connectivity index (χ2v) is 6.57. The van der Waals surface area contributed by atoms with E-state index in [0.717, 1.165) is 11.1 Å². The Morgan fingerprint density at radius 2 is 1.45 bits per heavy atom. The molecule has 0 bridgehead atoms. The summed E-state index contributed by atoms with van der Waals surface area (Å²) in [5.41, 5.74) is 14.7. The lowest BCUT2D eigenvalue weighted by atomic mass is 9.90. The summed E-state index contributed by atoms with van der Waals surface area (Å²) in [7, 11) is 0. The van der Waals surface area contributed by atoms with Crippen LogP contribution >= 0.6 is 0 Å². The Kier molecular flexibility index (Phi) is 3.59. The van der Waals surface area contributed by atoms with Crippen molar-refractivity contribution in [3.05, 3.63) is 59.7 Å². The van der Waals surface area contributed by atoms with Crippen molar-refractivity contribution in [2.75, 3.05) is 24.7 Å². The molecular weight excluding hydrogens is 276 g/mol. The first kappa shape index (κ1) is 14.9. The van der Waals surface area contributed by atoms with E-state index in [0.29, 0.717) is 24.6 Å². The zero-order valence-corrected chi connectivity index (χ0v) is 13.0. The van der Waals surface area contributed by atoms with Crippen LogP contribution in [0.25, 0.3) is 0 Å². The number of hydrogen-bond acceptors (Lipinski definition) is 4. The molecule has 1 fully saturated rings. The van der Waals surface area contributed by atoms with Gasteiger partial charge in [0.2, 0.25) is 5.79 Å². The van der Waals surface area contributed by atoms with Gasteiger partial charge in [0.05, 0.1) is 24.6 Å². The molecule has 1 aliphatic rings. The molecule has 22 heavy (non-hydrogen) atoms. The molecule has 1 saturated heterocycles. The Balaban J connectivity index is 2.09. The van der Waals surface area contributed by atoms with E-state index in [1.54, 1.807) is 6.07 Å². The summed E-state index contributed by atoms with van der Waals surface area (Å²) in [6, 6.07) is 15.5. The molecule has 3 rings (SSSR count). The zero-order valence-electron chi connectivity index (χ0n) is 13.0. The summed E-state index contributed by atoms with van der Waals surface area (Å²) >= 11 is 0. The van der Waals surface area contributed by atoms with Crippen LogP contribution in [0.3, 0.4) is 0 Å². The van der Waals surface area contributed by atoms with E-state index >= 15 is 0 Å². The van der Waals surface area contributed by atoms with Crippen LogP contribution in [0.5, 0.6) is 0 Å². The van der Waals surface area contributed by atoms with E-state index in [-0.39, 0.29) is 5.41 Å². The second-order valence-electron chi connectivity index (χ2n) is 6.57. The molecule has 1 aliphatic heterocycles. The van der Waals surface area contributed by atoms with Gasteiger partial charge in [-0.2, -0.15) is 0 Å². The Labute approximate surface area is 131 Å². The molecule has 4 heteroatoms. The third-order valence-corrected chi connectivity index (χ3v) is 3.95. The van der Waals surface area contributed by atoms with Crippen molar-refractivity contribution in [1.82, 2.24) is 0 Å². The molecule has 0 aromatic heterocycles. The largest absolute Gasteiger partial charge is 0.397 e. The molecule has 0 aliphatic carbocycles. The van der Waals surface area contributed by atoms with Crippen LogP contribution in [0, 0.1) is 5.41 Å². The Bertz CT molecular complexity index is 658. The summed E-state index contributed by atoms with van der Waals surface area (Å²) < 4.78 is 12.5. The smallest absolute Gasteiger partial charge is 0.222 e. The van der Waals surface area contributed by atoms with Gasteiger partial charge in [0.25, 0.3) is 0 Å². The molecule has 4 nitrogen and oxygen atoms in total. The van der Waals surface area contributed by atoms with Gasteiger partial charge in [-0.3, -0.25) is 0 Å². The van der Waals surface area contributed by atoms with E-state index < -0.39 is 5.79 Å². The lowest BCUT2D eigenvalue weighted by molar-refractivity contribution is -0.284. The Morgan fingerprint density at radius 1 is 0.818 bits per heavy atom. The lowest BCUT2D eigenvalue weighted by Crippen LogP contribution is -2.46. The molecule has 1 heterocycles. The predicted octanol–water partition coefficient (Wildman–Crippen LogP) is 3.13. The van der Waals surface area contributed by atoms with Crippen LogP contribution in [-0.2, 0) is 15.3 Å². The number of anilines is 2. The van der Waals surface area contributed by atoms with E-state index in [1.807, 2.05) is 42.5 Å². The van der Waals surface area contributed by atoms with Crippen LogP contribution < -0.4 is 11.5 Å². The van der Waals surface area contributed by atoms with E-state index in [1.165, 1.54) is 0 Å². The fraction of sp³-hybridized carbons (Fsp3) is 0.333. The first-order valence-electron chi connectivity index (χ1n) is 7.42. The van der Waals surface area contributed by atoms with Gasteiger partial charge < -0.3 is 20.9 Å². The van der Waals surface area contributed by atoms with Crippen molar-refractivity contribution in [2.24, 2.45) is 5.41 Å². The summed E-state index contributed by atoms with van der Waals surface area (Å²) in [5, 5.41) is 0. The molecule has 0 atom stereocenters. The van der Waals surface area contributed by atoms with Gasteiger partial charge >= 0.3 is 0 Å². The third kappa shape index (κ3) is 2.56. The van der Waals surface area contributed by atoms with Gasteiger partial charge in [0, 0.05) is 16.5 Å². The highest BCUT2D eigenvalue weighted by Crippen LogP contribution is 2.42. The molecule has 2 aromatic carbocycles. The molecule has 2 aromatic rings. The number of benzene rings is 2. The predicted molar refractivity (Wildman–Crippen MR) is 88.2 cm³/mol.